The molecule has 0 aliphatic carbocycles. The Kier molecular flexibility index (Phi) is 9.41. The molecular weight excluding hydrogens is 482 g/mol. The number of carbonyl (C=O) groups is 2. The highest BCUT2D eigenvalue weighted by Crippen LogP contribution is 2.27. The van der Waals surface area contributed by atoms with Crippen LogP contribution in [-0.2, 0) is 22.4 Å². The van der Waals surface area contributed by atoms with Gasteiger partial charge in [0.1, 0.15) is 0 Å². The zero-order chi connectivity index (χ0) is 23.6. The lowest BCUT2D eigenvalue weighted by Crippen LogP contribution is -2.27. The van der Waals surface area contributed by atoms with E-state index < -0.39 is 0 Å². The molecule has 10 heteroatoms. The molecule has 0 atom stereocenters. The van der Waals surface area contributed by atoms with E-state index in [1.54, 1.807) is 38.5 Å². The third-order valence-corrected chi connectivity index (χ3v) is 6.83. The Bertz CT molecular complexity index is 1090. The Labute approximate surface area is 205 Å². The lowest BCUT2D eigenvalue weighted by Gasteiger charge is -2.10. The number of benzene rings is 2. The van der Waals surface area contributed by atoms with Crippen molar-refractivity contribution in [2.45, 2.75) is 17.2 Å². The van der Waals surface area contributed by atoms with Crippen LogP contribution < -0.4 is 20.1 Å². The van der Waals surface area contributed by atoms with Gasteiger partial charge in [0, 0.05) is 22.6 Å². The summed E-state index contributed by atoms with van der Waals surface area (Å²) in [4.78, 5) is 28.8. The van der Waals surface area contributed by atoms with E-state index in [2.05, 4.69) is 15.6 Å². The van der Waals surface area contributed by atoms with Crippen molar-refractivity contribution in [3.63, 3.8) is 0 Å². The van der Waals surface area contributed by atoms with Crippen LogP contribution in [0.1, 0.15) is 11.3 Å². The van der Waals surface area contributed by atoms with Crippen LogP contribution in [0, 0.1) is 0 Å². The van der Waals surface area contributed by atoms with E-state index in [0.29, 0.717) is 40.9 Å². The fourth-order valence-electron chi connectivity index (χ4n) is 2.90. The van der Waals surface area contributed by atoms with Gasteiger partial charge in [-0.1, -0.05) is 29.4 Å². The van der Waals surface area contributed by atoms with Gasteiger partial charge < -0.3 is 20.1 Å². The Morgan fingerprint density at radius 1 is 1.06 bits per heavy atom. The van der Waals surface area contributed by atoms with Gasteiger partial charge in [-0.3, -0.25) is 9.59 Å². The number of thioether (sulfide) groups is 1. The highest BCUT2D eigenvalue weighted by atomic mass is 35.5. The number of hydrogen-bond acceptors (Lipinski definition) is 7. The van der Waals surface area contributed by atoms with Gasteiger partial charge in [-0.05, 0) is 48.4 Å². The molecule has 3 rings (SSSR count). The van der Waals surface area contributed by atoms with Crippen molar-refractivity contribution in [3.05, 3.63) is 64.1 Å². The maximum absolute atomic E-state index is 12.3. The van der Waals surface area contributed by atoms with E-state index >= 15 is 0 Å². The summed E-state index contributed by atoms with van der Waals surface area (Å²) in [6, 6.07) is 12.6. The third-order valence-electron chi connectivity index (χ3n) is 4.51. The van der Waals surface area contributed by atoms with E-state index in [4.69, 9.17) is 21.1 Å². The van der Waals surface area contributed by atoms with E-state index in [1.165, 1.54) is 23.1 Å². The van der Waals surface area contributed by atoms with Crippen molar-refractivity contribution in [2.24, 2.45) is 0 Å². The number of hydrogen-bond donors (Lipinski definition) is 2. The largest absolute Gasteiger partial charge is 0.493 e. The average molecular weight is 506 g/mol. The molecule has 174 valence electrons. The van der Waals surface area contributed by atoms with E-state index in [1.807, 2.05) is 23.6 Å². The molecule has 1 heterocycles. The van der Waals surface area contributed by atoms with Crippen molar-refractivity contribution < 1.29 is 19.1 Å². The SMILES string of the molecule is COc1ccc(CCNC(=O)Cc2csc(SCC(=O)Nc3ccc(Cl)cc3)n2)cc1OC. The van der Waals surface area contributed by atoms with Crippen LogP contribution in [0.2, 0.25) is 5.02 Å². The first-order valence-corrected chi connectivity index (χ1v) is 12.3. The molecule has 0 saturated carbocycles. The quantitative estimate of drug-likeness (QED) is 0.374. The number of methoxy groups -OCH3 is 2. The second-order valence-electron chi connectivity index (χ2n) is 6.91. The van der Waals surface area contributed by atoms with E-state index in [-0.39, 0.29) is 24.0 Å². The molecule has 0 bridgehead atoms. The van der Waals surface area contributed by atoms with E-state index in [0.717, 1.165) is 9.90 Å². The van der Waals surface area contributed by atoms with Gasteiger partial charge in [-0.25, -0.2) is 4.98 Å². The van der Waals surface area contributed by atoms with Crippen molar-refractivity contribution >= 4 is 52.2 Å². The molecule has 2 N–H and O–H groups in total. The summed E-state index contributed by atoms with van der Waals surface area (Å²) >= 11 is 8.60. The van der Waals surface area contributed by atoms with Crippen LogP contribution >= 0.6 is 34.7 Å². The van der Waals surface area contributed by atoms with Gasteiger partial charge >= 0.3 is 0 Å². The number of nitrogens with zero attached hydrogens (tertiary/aromatic N) is 1. The molecule has 0 radical (unpaired) electrons. The Morgan fingerprint density at radius 3 is 2.55 bits per heavy atom. The topological polar surface area (TPSA) is 89.5 Å². The molecule has 2 aromatic carbocycles. The number of anilines is 1. The minimum atomic E-state index is -0.132. The summed E-state index contributed by atoms with van der Waals surface area (Å²) in [5.74, 6) is 1.33. The molecule has 1 aromatic heterocycles. The van der Waals surface area contributed by atoms with Crippen LogP contribution in [0.3, 0.4) is 0 Å². The summed E-state index contributed by atoms with van der Waals surface area (Å²) in [6.07, 6.45) is 0.868. The molecule has 33 heavy (non-hydrogen) atoms. The van der Waals surface area contributed by atoms with Gasteiger partial charge in [0.05, 0.1) is 32.1 Å². The smallest absolute Gasteiger partial charge is 0.234 e. The molecule has 0 saturated heterocycles. The fourth-order valence-corrected chi connectivity index (χ4v) is 4.67. The van der Waals surface area contributed by atoms with Gasteiger partial charge in [0.15, 0.2) is 15.8 Å². The number of rotatable bonds is 11. The molecule has 0 spiro atoms. The second-order valence-corrected chi connectivity index (χ2v) is 9.43. The van der Waals surface area contributed by atoms with Crippen molar-refractivity contribution in [1.29, 1.82) is 0 Å². The van der Waals surface area contributed by atoms with Gasteiger partial charge in [-0.15, -0.1) is 11.3 Å². The molecule has 2 amide bonds. The van der Waals surface area contributed by atoms with Crippen molar-refractivity contribution in [1.82, 2.24) is 10.3 Å². The van der Waals surface area contributed by atoms with Crippen LogP contribution in [0.5, 0.6) is 11.5 Å². The second kappa shape index (κ2) is 12.5. The molecule has 0 fully saturated rings. The number of halogens is 1. The predicted molar refractivity (Wildman–Crippen MR) is 133 cm³/mol. The Balaban J connectivity index is 1.39. The fraction of sp³-hybridized carbons (Fsp3) is 0.261. The maximum atomic E-state index is 12.3. The zero-order valence-corrected chi connectivity index (χ0v) is 20.6. The van der Waals surface area contributed by atoms with Crippen molar-refractivity contribution in [2.75, 3.05) is 31.8 Å². The van der Waals surface area contributed by atoms with Gasteiger partial charge in [0.2, 0.25) is 11.8 Å². The molecule has 3 aromatic rings. The summed E-state index contributed by atoms with van der Waals surface area (Å²) < 4.78 is 11.3. The lowest BCUT2D eigenvalue weighted by molar-refractivity contribution is -0.120. The third kappa shape index (κ3) is 7.96. The summed E-state index contributed by atoms with van der Waals surface area (Å²) in [7, 11) is 3.19. The number of carbonyl (C=O) groups excluding carboxylic acids is 2. The first-order chi connectivity index (χ1) is 16.0. The number of amides is 2. The number of nitrogens with one attached hydrogen (secondary N) is 2. The van der Waals surface area contributed by atoms with Crippen molar-refractivity contribution in [3.8, 4) is 11.5 Å². The summed E-state index contributed by atoms with van der Waals surface area (Å²) in [6.45, 7) is 0.505. The van der Waals surface area contributed by atoms with Crippen LogP contribution in [0.4, 0.5) is 5.69 Å². The lowest BCUT2D eigenvalue weighted by atomic mass is 10.1. The van der Waals surface area contributed by atoms with Gasteiger partial charge in [0.25, 0.3) is 0 Å². The molecule has 0 unspecified atom stereocenters. The minimum Gasteiger partial charge on any atom is -0.493 e. The standard InChI is InChI=1S/C23H24ClN3O4S2/c1-30-19-8-3-15(11-20(19)31-2)9-10-25-21(28)12-18-13-32-23(27-18)33-14-22(29)26-17-6-4-16(24)5-7-17/h3-8,11,13H,9-10,12,14H2,1-2H3,(H,25,28)(H,26,29). The monoisotopic (exact) mass is 505 g/mol. The Hall–Kier alpha value is -2.75. The number of thiazole rings is 1. The average Bonchev–Trinajstić information content (AvgIpc) is 3.26. The maximum Gasteiger partial charge on any atom is 0.234 e. The van der Waals surface area contributed by atoms with Crippen LogP contribution in [-0.4, -0.2) is 43.3 Å². The molecule has 0 aliphatic rings. The highest BCUT2D eigenvalue weighted by molar-refractivity contribution is 8.01. The Morgan fingerprint density at radius 2 is 1.82 bits per heavy atom. The first-order valence-electron chi connectivity index (χ1n) is 10.1. The molecule has 7 nitrogen and oxygen atoms in total. The van der Waals surface area contributed by atoms with Crippen LogP contribution in [0.15, 0.2) is 52.2 Å². The first kappa shape index (κ1) is 24.9. The zero-order valence-electron chi connectivity index (χ0n) is 18.2. The van der Waals surface area contributed by atoms with Gasteiger partial charge in [-0.2, -0.15) is 0 Å². The van der Waals surface area contributed by atoms with E-state index in [9.17, 15) is 9.59 Å². The summed E-state index contributed by atoms with van der Waals surface area (Å²) in [5, 5.41) is 8.17. The number of ether oxygens (including phenoxy) is 2. The minimum absolute atomic E-state index is 0.0993. The normalized spacial score (nSPS) is 10.5. The summed E-state index contributed by atoms with van der Waals surface area (Å²) in [5.41, 5.74) is 2.41. The molecule has 0 aliphatic heterocycles. The number of aromatic nitrogens is 1. The van der Waals surface area contributed by atoms with Crippen LogP contribution in [0.25, 0.3) is 0 Å². The molecular formula is C23H24ClN3O4S2. The predicted octanol–water partition coefficient (Wildman–Crippen LogP) is 4.45. The highest BCUT2D eigenvalue weighted by Gasteiger charge is 2.11.